The molecule has 0 aliphatic carbocycles. The minimum absolute atomic E-state index is 0.158. The van der Waals surface area contributed by atoms with Gasteiger partial charge in [-0.05, 0) is 43.5 Å². The number of hydrogen-bond acceptors (Lipinski definition) is 5. The van der Waals surface area contributed by atoms with Crippen LogP contribution in [0.5, 0.6) is 0 Å². The molecule has 6 nitrogen and oxygen atoms in total. The summed E-state index contributed by atoms with van der Waals surface area (Å²) in [4.78, 5) is 30.8. The number of nitrogens with one attached hydrogen (secondary N) is 1. The highest BCUT2D eigenvalue weighted by Gasteiger charge is 2.25. The highest BCUT2D eigenvalue weighted by atomic mass is 32.2. The van der Waals surface area contributed by atoms with Gasteiger partial charge in [0.25, 0.3) is 0 Å². The molecule has 3 aromatic rings. The van der Waals surface area contributed by atoms with E-state index in [2.05, 4.69) is 32.9 Å². The lowest BCUT2D eigenvalue weighted by atomic mass is 9.94. The van der Waals surface area contributed by atoms with E-state index in [9.17, 15) is 4.79 Å². The number of carbonyl (C=O) groups is 1. The predicted octanol–water partition coefficient (Wildman–Crippen LogP) is 3.16. The monoisotopic (exact) mass is 367 g/mol. The second kappa shape index (κ2) is 7.45. The summed E-state index contributed by atoms with van der Waals surface area (Å²) in [5, 5.41) is 0.795. The zero-order chi connectivity index (χ0) is 17.9. The minimum Gasteiger partial charge on any atom is -0.341 e. The summed E-state index contributed by atoms with van der Waals surface area (Å²) in [5.74, 6) is 0.857. The third-order valence-electron chi connectivity index (χ3n) is 4.75. The smallest absolute Gasteiger partial charge is 0.233 e. The average Bonchev–Trinajstić information content (AvgIpc) is 3.09. The molecule has 1 amide bonds. The van der Waals surface area contributed by atoms with E-state index in [1.807, 2.05) is 23.1 Å². The van der Waals surface area contributed by atoms with E-state index in [1.165, 1.54) is 17.3 Å². The first kappa shape index (κ1) is 17.0. The number of carbonyl (C=O) groups excluding carboxylic acids is 1. The summed E-state index contributed by atoms with van der Waals surface area (Å²) in [5.41, 5.74) is 4.17. The van der Waals surface area contributed by atoms with Crippen LogP contribution in [0.25, 0.3) is 11.0 Å². The number of aromatic nitrogens is 4. The van der Waals surface area contributed by atoms with E-state index in [4.69, 9.17) is 0 Å². The van der Waals surface area contributed by atoms with Gasteiger partial charge in [0.1, 0.15) is 6.33 Å². The Morgan fingerprint density at radius 2 is 2.31 bits per heavy atom. The van der Waals surface area contributed by atoms with Gasteiger partial charge < -0.3 is 9.88 Å². The molecule has 4 rings (SSSR count). The number of nitrogens with zero attached hydrogens (tertiary/aromatic N) is 4. The van der Waals surface area contributed by atoms with Gasteiger partial charge in [-0.25, -0.2) is 15.0 Å². The van der Waals surface area contributed by atoms with Gasteiger partial charge in [0, 0.05) is 30.9 Å². The number of fused-ring (bicyclic) bond motifs is 1. The number of amides is 1. The van der Waals surface area contributed by atoms with E-state index >= 15 is 0 Å². The number of H-pyrrole nitrogens is 1. The van der Waals surface area contributed by atoms with E-state index in [1.54, 1.807) is 12.5 Å². The van der Waals surface area contributed by atoms with Crippen molar-refractivity contribution in [3.63, 3.8) is 0 Å². The molecule has 1 saturated heterocycles. The Bertz CT molecular complexity index is 911. The van der Waals surface area contributed by atoms with Crippen LogP contribution in [0.3, 0.4) is 0 Å². The van der Waals surface area contributed by atoms with Crippen LogP contribution in [0.1, 0.15) is 30.0 Å². The van der Waals surface area contributed by atoms with Crippen LogP contribution in [-0.2, 0) is 4.79 Å². The fourth-order valence-electron chi connectivity index (χ4n) is 3.38. The second-order valence-electron chi connectivity index (χ2n) is 6.66. The topological polar surface area (TPSA) is 74.8 Å². The molecular weight excluding hydrogens is 346 g/mol. The van der Waals surface area contributed by atoms with E-state index in [0.29, 0.717) is 11.7 Å². The summed E-state index contributed by atoms with van der Waals surface area (Å²) in [6, 6.07) is 8.07. The van der Waals surface area contributed by atoms with Crippen molar-refractivity contribution in [2.24, 2.45) is 0 Å². The fraction of sp³-hybridized carbons (Fsp3) is 0.368. The molecule has 0 bridgehead atoms. The predicted molar refractivity (Wildman–Crippen MR) is 102 cm³/mol. The lowest BCUT2D eigenvalue weighted by molar-refractivity contribution is -0.129. The zero-order valence-electron chi connectivity index (χ0n) is 14.7. The van der Waals surface area contributed by atoms with Gasteiger partial charge in [-0.15, -0.1) is 0 Å². The average molecular weight is 367 g/mol. The normalized spacial score (nSPS) is 17.6. The summed E-state index contributed by atoms with van der Waals surface area (Å²) < 4.78 is 0. The van der Waals surface area contributed by atoms with Crippen molar-refractivity contribution in [2.75, 3.05) is 18.8 Å². The summed E-state index contributed by atoms with van der Waals surface area (Å²) in [6.45, 7) is 3.61. The summed E-state index contributed by atoms with van der Waals surface area (Å²) in [7, 11) is 0. The van der Waals surface area contributed by atoms with E-state index < -0.39 is 0 Å². The molecular formula is C19H21N5OS. The first-order chi connectivity index (χ1) is 12.7. The molecule has 3 heterocycles. The van der Waals surface area contributed by atoms with Gasteiger partial charge in [0.2, 0.25) is 5.91 Å². The standard InChI is InChI=1S/C19H21N5OS/c1-13-4-5-16-17(9-13)23-19(22-16)26-11-18(25)24-8-2-3-14(10-24)15-6-7-20-12-21-15/h4-7,9,12,14H,2-3,8,10-11H2,1H3,(H,22,23). The molecule has 1 aliphatic rings. The molecule has 1 aromatic carbocycles. The first-order valence-corrected chi connectivity index (χ1v) is 9.80. The van der Waals surface area contributed by atoms with Crippen LogP contribution in [0.15, 0.2) is 41.9 Å². The van der Waals surface area contributed by atoms with Crippen molar-refractivity contribution < 1.29 is 4.79 Å². The van der Waals surface area contributed by atoms with Crippen LogP contribution >= 0.6 is 11.8 Å². The first-order valence-electron chi connectivity index (χ1n) is 8.82. The van der Waals surface area contributed by atoms with E-state index in [0.717, 1.165) is 47.8 Å². The van der Waals surface area contributed by atoms with Gasteiger partial charge in [-0.1, -0.05) is 17.8 Å². The number of imidazole rings is 1. The van der Waals surface area contributed by atoms with Gasteiger partial charge in [0.05, 0.1) is 16.8 Å². The van der Waals surface area contributed by atoms with Gasteiger partial charge in [0.15, 0.2) is 5.16 Å². The van der Waals surface area contributed by atoms with Crippen molar-refractivity contribution in [1.29, 1.82) is 0 Å². The van der Waals surface area contributed by atoms with Gasteiger partial charge in [-0.3, -0.25) is 4.79 Å². The van der Waals surface area contributed by atoms with Crippen molar-refractivity contribution in [1.82, 2.24) is 24.8 Å². The molecule has 1 aliphatic heterocycles. The quantitative estimate of drug-likeness (QED) is 0.717. The number of piperidine rings is 1. The van der Waals surface area contributed by atoms with Crippen LogP contribution in [-0.4, -0.2) is 49.6 Å². The third-order valence-corrected chi connectivity index (χ3v) is 5.60. The number of aryl methyl sites for hydroxylation is 1. The Morgan fingerprint density at radius 1 is 1.38 bits per heavy atom. The lowest BCUT2D eigenvalue weighted by Crippen LogP contribution is -2.40. The Kier molecular flexibility index (Phi) is 4.88. The Hall–Kier alpha value is -2.41. The molecule has 1 fully saturated rings. The number of hydrogen-bond donors (Lipinski definition) is 1. The van der Waals surface area contributed by atoms with Crippen LogP contribution in [0, 0.1) is 6.92 Å². The Balaban J connectivity index is 1.38. The highest BCUT2D eigenvalue weighted by Crippen LogP contribution is 2.26. The molecule has 1 N–H and O–H groups in total. The van der Waals surface area contributed by atoms with Gasteiger partial charge >= 0.3 is 0 Å². The molecule has 0 spiro atoms. The maximum atomic E-state index is 12.6. The largest absolute Gasteiger partial charge is 0.341 e. The summed E-state index contributed by atoms with van der Waals surface area (Å²) >= 11 is 1.47. The Morgan fingerprint density at radius 3 is 3.15 bits per heavy atom. The van der Waals surface area contributed by atoms with Crippen LogP contribution in [0.4, 0.5) is 0 Å². The van der Waals surface area contributed by atoms with Crippen molar-refractivity contribution in [3.8, 4) is 0 Å². The maximum Gasteiger partial charge on any atom is 0.233 e. The van der Waals surface area contributed by atoms with Crippen molar-refractivity contribution in [2.45, 2.75) is 30.8 Å². The molecule has 1 atom stereocenters. The summed E-state index contributed by atoms with van der Waals surface area (Å²) in [6.07, 6.45) is 5.42. The fourth-order valence-corrected chi connectivity index (χ4v) is 4.17. The maximum absolute atomic E-state index is 12.6. The molecule has 7 heteroatoms. The van der Waals surface area contributed by atoms with Crippen LogP contribution < -0.4 is 0 Å². The molecule has 1 unspecified atom stereocenters. The number of benzene rings is 1. The molecule has 0 saturated carbocycles. The second-order valence-corrected chi connectivity index (χ2v) is 7.63. The number of thioether (sulfide) groups is 1. The lowest BCUT2D eigenvalue weighted by Gasteiger charge is -2.32. The number of aromatic amines is 1. The molecule has 0 radical (unpaired) electrons. The Labute approximate surface area is 156 Å². The number of likely N-dealkylation sites (tertiary alicyclic amines) is 1. The SMILES string of the molecule is Cc1ccc2nc(SCC(=O)N3CCCC(c4ccncn4)C3)[nH]c2c1. The number of rotatable bonds is 4. The zero-order valence-corrected chi connectivity index (χ0v) is 15.5. The molecule has 26 heavy (non-hydrogen) atoms. The third kappa shape index (κ3) is 3.72. The highest BCUT2D eigenvalue weighted by molar-refractivity contribution is 7.99. The molecule has 2 aromatic heterocycles. The molecule has 134 valence electrons. The van der Waals surface area contributed by atoms with E-state index in [-0.39, 0.29) is 5.91 Å². The van der Waals surface area contributed by atoms with Crippen molar-refractivity contribution in [3.05, 3.63) is 48.0 Å². The van der Waals surface area contributed by atoms with Gasteiger partial charge in [-0.2, -0.15) is 0 Å². The van der Waals surface area contributed by atoms with Crippen LogP contribution in [0.2, 0.25) is 0 Å². The van der Waals surface area contributed by atoms with Crippen molar-refractivity contribution >= 4 is 28.7 Å². The minimum atomic E-state index is 0.158.